The topological polar surface area (TPSA) is 39.7 Å². The summed E-state index contributed by atoms with van der Waals surface area (Å²) in [6.07, 6.45) is 1.28. The van der Waals surface area contributed by atoms with Gasteiger partial charge in [0.05, 0.1) is 17.7 Å². The molecule has 27 heavy (non-hydrogen) atoms. The van der Waals surface area contributed by atoms with E-state index in [2.05, 4.69) is 72.3 Å². The Labute approximate surface area is 171 Å². The average Bonchev–Trinajstić information content (AvgIpc) is 2.64. The molecule has 0 aliphatic rings. The van der Waals surface area contributed by atoms with E-state index >= 15 is 0 Å². The lowest BCUT2D eigenvalue weighted by Crippen LogP contribution is -2.17. The van der Waals surface area contributed by atoms with Crippen LogP contribution < -0.4 is 14.8 Å². The second kappa shape index (κ2) is 11.3. The van der Waals surface area contributed by atoms with Crippen molar-refractivity contribution in [3.05, 3.63) is 57.6 Å². The van der Waals surface area contributed by atoms with Gasteiger partial charge in [-0.1, -0.05) is 29.8 Å². The molecule has 4 nitrogen and oxygen atoms in total. The van der Waals surface area contributed by atoms with Gasteiger partial charge >= 0.3 is 0 Å². The molecular weight excluding hydrogens is 406 g/mol. The van der Waals surface area contributed by atoms with E-state index < -0.39 is 0 Å². The number of ether oxygens (including phenoxy) is 3. The van der Waals surface area contributed by atoms with Crippen molar-refractivity contribution in [3.63, 3.8) is 0 Å². The second-order valence-corrected chi connectivity index (χ2v) is 7.69. The molecule has 2 aromatic carbocycles. The Morgan fingerprint density at radius 3 is 2.48 bits per heavy atom. The molecule has 0 spiro atoms. The van der Waals surface area contributed by atoms with Gasteiger partial charge in [-0.25, -0.2) is 0 Å². The van der Waals surface area contributed by atoms with Gasteiger partial charge in [0.15, 0.2) is 11.5 Å². The lowest BCUT2D eigenvalue weighted by Gasteiger charge is -2.15. The van der Waals surface area contributed by atoms with Crippen molar-refractivity contribution in [1.82, 2.24) is 5.32 Å². The van der Waals surface area contributed by atoms with Gasteiger partial charge in [-0.2, -0.15) is 0 Å². The first-order valence-electron chi connectivity index (χ1n) is 9.36. The zero-order valence-electron chi connectivity index (χ0n) is 16.7. The van der Waals surface area contributed by atoms with E-state index in [0.29, 0.717) is 6.61 Å². The van der Waals surface area contributed by atoms with E-state index in [-0.39, 0.29) is 6.10 Å². The zero-order chi connectivity index (χ0) is 19.6. The molecule has 0 fully saturated rings. The van der Waals surface area contributed by atoms with Crippen LogP contribution in [0.5, 0.6) is 11.5 Å². The molecule has 0 saturated carbocycles. The van der Waals surface area contributed by atoms with E-state index in [9.17, 15) is 0 Å². The normalized spacial score (nSPS) is 11.0. The molecule has 0 aromatic heterocycles. The van der Waals surface area contributed by atoms with Crippen LogP contribution in [0.15, 0.2) is 40.9 Å². The van der Waals surface area contributed by atoms with Gasteiger partial charge in [0.1, 0.15) is 6.61 Å². The first-order chi connectivity index (χ1) is 13.0. The Bertz CT molecular complexity index is 701. The monoisotopic (exact) mass is 435 g/mol. The lowest BCUT2D eigenvalue weighted by atomic mass is 10.1. The molecule has 0 atom stereocenters. The van der Waals surface area contributed by atoms with Crippen molar-refractivity contribution in [2.45, 2.75) is 46.4 Å². The second-order valence-electron chi connectivity index (χ2n) is 6.83. The van der Waals surface area contributed by atoms with Crippen molar-refractivity contribution in [2.24, 2.45) is 0 Å². The van der Waals surface area contributed by atoms with Crippen LogP contribution in [-0.2, 0) is 17.9 Å². The fraction of sp³-hybridized carbons (Fsp3) is 0.455. The first-order valence-corrected chi connectivity index (χ1v) is 10.2. The van der Waals surface area contributed by atoms with Crippen molar-refractivity contribution >= 4 is 15.9 Å². The van der Waals surface area contributed by atoms with Gasteiger partial charge in [0, 0.05) is 13.2 Å². The maximum absolute atomic E-state index is 6.01. The minimum atomic E-state index is 0.290. The standard InChI is InChI=1S/C22H30BrNO3/c1-16(2)26-11-5-10-24-14-19-12-20(23)22(21(13-19)25-4)27-15-18-8-6-17(3)7-9-18/h6-9,12-13,16,24H,5,10-11,14-15H2,1-4H3. The first kappa shape index (κ1) is 21.7. The van der Waals surface area contributed by atoms with Crippen LogP contribution in [0.4, 0.5) is 0 Å². The van der Waals surface area contributed by atoms with Gasteiger partial charge in [0.2, 0.25) is 0 Å². The zero-order valence-corrected chi connectivity index (χ0v) is 18.3. The molecule has 0 radical (unpaired) electrons. The van der Waals surface area contributed by atoms with Crippen LogP contribution in [0.25, 0.3) is 0 Å². The predicted molar refractivity (Wildman–Crippen MR) is 114 cm³/mol. The Morgan fingerprint density at radius 2 is 1.81 bits per heavy atom. The van der Waals surface area contributed by atoms with Crippen LogP contribution in [0.2, 0.25) is 0 Å². The maximum atomic E-state index is 6.01. The highest BCUT2D eigenvalue weighted by Crippen LogP contribution is 2.37. The number of aryl methyl sites for hydroxylation is 1. The van der Waals surface area contributed by atoms with Crippen molar-refractivity contribution in [3.8, 4) is 11.5 Å². The lowest BCUT2D eigenvalue weighted by molar-refractivity contribution is 0.0770. The van der Waals surface area contributed by atoms with E-state index in [1.54, 1.807) is 7.11 Å². The van der Waals surface area contributed by atoms with Gasteiger partial charge in [-0.05, 0) is 72.9 Å². The summed E-state index contributed by atoms with van der Waals surface area (Å²) < 4.78 is 18.0. The highest BCUT2D eigenvalue weighted by atomic mass is 79.9. The molecule has 0 unspecified atom stereocenters. The number of rotatable bonds is 11. The van der Waals surface area contributed by atoms with Crippen LogP contribution in [0.3, 0.4) is 0 Å². The molecule has 148 valence electrons. The molecule has 1 N–H and O–H groups in total. The smallest absolute Gasteiger partial charge is 0.175 e. The summed E-state index contributed by atoms with van der Waals surface area (Å²) in [5.74, 6) is 1.46. The summed E-state index contributed by atoms with van der Waals surface area (Å²) in [7, 11) is 1.67. The average molecular weight is 436 g/mol. The third-order valence-corrected chi connectivity index (χ3v) is 4.66. The Kier molecular flexibility index (Phi) is 9.11. The van der Waals surface area contributed by atoms with Gasteiger partial charge in [-0.15, -0.1) is 0 Å². The van der Waals surface area contributed by atoms with Crippen LogP contribution in [0.1, 0.15) is 37.0 Å². The predicted octanol–water partition coefficient (Wildman–Crippen LogP) is 5.25. The summed E-state index contributed by atoms with van der Waals surface area (Å²) >= 11 is 3.62. The number of hydrogen-bond acceptors (Lipinski definition) is 4. The quantitative estimate of drug-likeness (QED) is 0.489. The number of halogens is 1. The Morgan fingerprint density at radius 1 is 1.07 bits per heavy atom. The number of hydrogen-bond donors (Lipinski definition) is 1. The fourth-order valence-electron chi connectivity index (χ4n) is 2.60. The van der Waals surface area contributed by atoms with Crippen LogP contribution in [0, 0.1) is 6.92 Å². The molecule has 0 aliphatic carbocycles. The maximum Gasteiger partial charge on any atom is 0.175 e. The molecule has 0 amide bonds. The van der Waals surface area contributed by atoms with Gasteiger partial charge < -0.3 is 19.5 Å². The summed E-state index contributed by atoms with van der Waals surface area (Å²) in [4.78, 5) is 0. The Hall–Kier alpha value is -1.56. The van der Waals surface area contributed by atoms with E-state index in [0.717, 1.165) is 53.2 Å². The van der Waals surface area contributed by atoms with Crippen LogP contribution in [-0.4, -0.2) is 26.4 Å². The summed E-state index contributed by atoms with van der Waals surface area (Å²) in [5, 5.41) is 3.44. The fourth-order valence-corrected chi connectivity index (χ4v) is 3.21. The van der Waals surface area contributed by atoms with Crippen molar-refractivity contribution in [2.75, 3.05) is 20.3 Å². The minimum Gasteiger partial charge on any atom is -0.493 e. The van der Waals surface area contributed by atoms with Gasteiger partial charge in [0.25, 0.3) is 0 Å². The van der Waals surface area contributed by atoms with E-state index in [4.69, 9.17) is 14.2 Å². The molecular formula is C22H30BrNO3. The van der Waals surface area contributed by atoms with Crippen molar-refractivity contribution in [1.29, 1.82) is 0 Å². The number of nitrogens with one attached hydrogen (secondary N) is 1. The highest BCUT2D eigenvalue weighted by Gasteiger charge is 2.12. The minimum absolute atomic E-state index is 0.290. The SMILES string of the molecule is COc1cc(CNCCCOC(C)C)cc(Br)c1OCc1ccc(C)cc1. The highest BCUT2D eigenvalue weighted by molar-refractivity contribution is 9.10. The number of methoxy groups -OCH3 is 1. The van der Waals surface area contributed by atoms with Gasteiger partial charge in [-0.3, -0.25) is 0 Å². The Balaban J connectivity index is 1.90. The molecule has 0 bridgehead atoms. The van der Waals surface area contributed by atoms with Crippen molar-refractivity contribution < 1.29 is 14.2 Å². The molecule has 0 saturated heterocycles. The molecule has 5 heteroatoms. The van der Waals surface area contributed by atoms with E-state index in [1.807, 2.05) is 6.07 Å². The largest absolute Gasteiger partial charge is 0.493 e. The molecule has 0 heterocycles. The third kappa shape index (κ3) is 7.53. The summed E-state index contributed by atoms with van der Waals surface area (Å²) in [6.45, 7) is 9.16. The summed E-state index contributed by atoms with van der Waals surface area (Å²) in [5.41, 5.74) is 3.51. The summed E-state index contributed by atoms with van der Waals surface area (Å²) in [6, 6.07) is 12.4. The molecule has 2 aromatic rings. The molecule has 2 rings (SSSR count). The number of benzene rings is 2. The van der Waals surface area contributed by atoms with Crippen LogP contribution >= 0.6 is 15.9 Å². The third-order valence-electron chi connectivity index (χ3n) is 4.07. The van der Waals surface area contributed by atoms with E-state index in [1.165, 1.54) is 5.56 Å². The molecule has 0 aliphatic heterocycles.